The minimum atomic E-state index is -0.356. The van der Waals surface area contributed by atoms with E-state index in [9.17, 15) is 4.79 Å². The molecule has 29 heavy (non-hydrogen) atoms. The van der Waals surface area contributed by atoms with Crippen LogP contribution in [-0.4, -0.2) is 28.5 Å². The smallest absolute Gasteiger partial charge is 0.277 e. The van der Waals surface area contributed by atoms with Crippen molar-refractivity contribution in [2.75, 3.05) is 6.61 Å². The molecule has 2 aromatic carbocycles. The van der Waals surface area contributed by atoms with Crippen LogP contribution in [0.25, 0.3) is 0 Å². The van der Waals surface area contributed by atoms with Gasteiger partial charge in [0.15, 0.2) is 6.61 Å². The second-order valence-corrected chi connectivity index (χ2v) is 7.20. The Labute approximate surface area is 175 Å². The molecule has 0 aliphatic rings. The Morgan fingerprint density at radius 1 is 1.17 bits per heavy atom. The summed E-state index contributed by atoms with van der Waals surface area (Å²) in [5, 5.41) is 8.91. The lowest BCUT2D eigenvalue weighted by atomic mass is 10.1. The van der Waals surface area contributed by atoms with Crippen molar-refractivity contribution in [3.63, 3.8) is 0 Å². The van der Waals surface area contributed by atoms with Crippen LogP contribution in [0.15, 0.2) is 53.6 Å². The van der Waals surface area contributed by atoms with Gasteiger partial charge < -0.3 is 4.74 Å². The predicted octanol–water partition coefficient (Wildman–Crippen LogP) is 4.04. The molecule has 0 aliphatic heterocycles. The van der Waals surface area contributed by atoms with Gasteiger partial charge in [0.2, 0.25) is 0 Å². The van der Waals surface area contributed by atoms with Crippen LogP contribution in [0.4, 0.5) is 0 Å². The number of nitrogens with one attached hydrogen (secondary N) is 1. The lowest BCUT2D eigenvalue weighted by molar-refractivity contribution is -0.123. The normalized spacial score (nSPS) is 11.0. The topological polar surface area (TPSA) is 68.5 Å². The Kier molecular flexibility index (Phi) is 6.67. The number of aromatic nitrogens is 2. The zero-order valence-electron chi connectivity index (χ0n) is 16.6. The molecular formula is C22H23ClN4O2. The van der Waals surface area contributed by atoms with E-state index < -0.39 is 0 Å². The summed E-state index contributed by atoms with van der Waals surface area (Å²) in [4.78, 5) is 12.0. The van der Waals surface area contributed by atoms with Crippen molar-refractivity contribution < 1.29 is 9.53 Å². The Morgan fingerprint density at radius 2 is 1.86 bits per heavy atom. The van der Waals surface area contributed by atoms with E-state index in [2.05, 4.69) is 15.6 Å². The van der Waals surface area contributed by atoms with Crippen LogP contribution in [0.3, 0.4) is 0 Å². The molecule has 1 N–H and O–H groups in total. The number of hydrazone groups is 1. The number of hydrogen-bond donors (Lipinski definition) is 1. The maximum absolute atomic E-state index is 12.0. The van der Waals surface area contributed by atoms with E-state index in [1.54, 1.807) is 4.68 Å². The molecule has 1 aromatic heterocycles. The average Bonchev–Trinajstić information content (AvgIpc) is 2.94. The Hall–Kier alpha value is -3.12. The molecular weight excluding hydrogens is 388 g/mol. The van der Waals surface area contributed by atoms with Crippen LogP contribution in [-0.2, 0) is 11.3 Å². The molecule has 0 radical (unpaired) electrons. The van der Waals surface area contributed by atoms with Gasteiger partial charge in [-0.05, 0) is 49.6 Å². The van der Waals surface area contributed by atoms with Crippen LogP contribution in [0.1, 0.15) is 27.9 Å². The number of carbonyl (C=O) groups is 1. The molecule has 3 rings (SSSR count). The quantitative estimate of drug-likeness (QED) is 0.472. The zero-order valence-corrected chi connectivity index (χ0v) is 17.4. The lowest BCUT2D eigenvalue weighted by Crippen LogP contribution is -2.24. The summed E-state index contributed by atoms with van der Waals surface area (Å²) in [7, 11) is 0. The zero-order chi connectivity index (χ0) is 20.8. The highest BCUT2D eigenvalue weighted by Crippen LogP contribution is 2.19. The highest BCUT2D eigenvalue weighted by atomic mass is 35.5. The largest absolute Gasteiger partial charge is 0.484 e. The molecule has 7 heteroatoms. The number of aryl methyl sites for hydroxylation is 3. The van der Waals surface area contributed by atoms with E-state index in [-0.39, 0.29) is 12.5 Å². The third-order valence-electron chi connectivity index (χ3n) is 4.23. The first-order chi connectivity index (χ1) is 13.9. The summed E-state index contributed by atoms with van der Waals surface area (Å²) in [6, 6.07) is 15.7. The highest BCUT2D eigenvalue weighted by molar-refractivity contribution is 6.32. The fourth-order valence-corrected chi connectivity index (χ4v) is 3.22. The second-order valence-electron chi connectivity index (χ2n) is 6.84. The molecule has 0 unspecified atom stereocenters. The first-order valence-electron chi connectivity index (χ1n) is 9.22. The molecule has 1 amide bonds. The summed E-state index contributed by atoms with van der Waals surface area (Å²) in [6.45, 7) is 6.24. The van der Waals surface area contributed by atoms with Crippen molar-refractivity contribution in [3.05, 3.63) is 81.6 Å². The molecule has 0 atom stereocenters. The van der Waals surface area contributed by atoms with Crippen molar-refractivity contribution in [3.8, 4) is 5.75 Å². The molecule has 0 bridgehead atoms. The first kappa shape index (κ1) is 20.6. The van der Waals surface area contributed by atoms with Gasteiger partial charge in [-0.15, -0.1) is 0 Å². The Morgan fingerprint density at radius 3 is 2.55 bits per heavy atom. The van der Waals surface area contributed by atoms with Gasteiger partial charge in [-0.1, -0.05) is 48.0 Å². The van der Waals surface area contributed by atoms with Gasteiger partial charge in [0.05, 0.1) is 24.0 Å². The van der Waals surface area contributed by atoms with Gasteiger partial charge >= 0.3 is 0 Å². The monoisotopic (exact) mass is 410 g/mol. The van der Waals surface area contributed by atoms with Crippen molar-refractivity contribution in [1.82, 2.24) is 15.2 Å². The van der Waals surface area contributed by atoms with Gasteiger partial charge in [-0.2, -0.15) is 10.2 Å². The van der Waals surface area contributed by atoms with Crippen molar-refractivity contribution >= 4 is 23.7 Å². The third kappa shape index (κ3) is 5.68. The standard InChI is InChI=1S/C22H23ClN4O2/c1-15-9-16(2)11-19(10-15)29-14-21(28)25-24-12-20-17(3)26-27(22(20)23)13-18-7-5-4-6-8-18/h4-12H,13-14H2,1-3H3,(H,25,28)/b24-12-. The average molecular weight is 411 g/mol. The summed E-state index contributed by atoms with van der Waals surface area (Å²) >= 11 is 6.44. The van der Waals surface area contributed by atoms with E-state index in [0.29, 0.717) is 23.0 Å². The van der Waals surface area contributed by atoms with Gasteiger partial charge in [0.25, 0.3) is 5.91 Å². The van der Waals surface area contributed by atoms with Gasteiger partial charge in [0, 0.05) is 0 Å². The number of halogens is 1. The van der Waals surface area contributed by atoms with Crippen LogP contribution < -0.4 is 10.2 Å². The number of ether oxygens (including phenoxy) is 1. The van der Waals surface area contributed by atoms with Gasteiger partial charge in [-0.25, -0.2) is 10.1 Å². The third-order valence-corrected chi connectivity index (χ3v) is 4.63. The number of carbonyl (C=O) groups excluding carboxylic acids is 1. The summed E-state index contributed by atoms with van der Waals surface area (Å²) in [5.74, 6) is 0.300. The number of rotatable bonds is 7. The Balaban J connectivity index is 1.57. The van der Waals surface area contributed by atoms with Crippen LogP contribution in [0.2, 0.25) is 5.15 Å². The van der Waals surface area contributed by atoms with Gasteiger partial charge in [-0.3, -0.25) is 4.79 Å². The molecule has 0 saturated carbocycles. The molecule has 150 valence electrons. The maximum atomic E-state index is 12.0. The van der Waals surface area contributed by atoms with Crippen molar-refractivity contribution in [2.45, 2.75) is 27.3 Å². The molecule has 0 aliphatic carbocycles. The number of amides is 1. The Bertz CT molecular complexity index is 1010. The van der Waals surface area contributed by atoms with Crippen LogP contribution in [0.5, 0.6) is 5.75 Å². The minimum absolute atomic E-state index is 0.125. The van der Waals surface area contributed by atoms with E-state index in [1.807, 2.05) is 69.3 Å². The predicted molar refractivity (Wildman–Crippen MR) is 115 cm³/mol. The molecule has 6 nitrogen and oxygen atoms in total. The molecule has 3 aromatic rings. The highest BCUT2D eigenvalue weighted by Gasteiger charge is 2.12. The molecule has 1 heterocycles. The van der Waals surface area contributed by atoms with Crippen molar-refractivity contribution in [2.24, 2.45) is 5.10 Å². The number of hydrogen-bond acceptors (Lipinski definition) is 4. The fourth-order valence-electron chi connectivity index (χ4n) is 2.94. The van der Waals surface area contributed by atoms with Crippen LogP contribution >= 0.6 is 11.6 Å². The summed E-state index contributed by atoms with van der Waals surface area (Å²) in [5.41, 5.74) is 7.10. The van der Waals surface area contributed by atoms with E-state index in [0.717, 1.165) is 22.4 Å². The SMILES string of the molecule is Cc1cc(C)cc(OCC(=O)N/N=C\c2c(C)nn(Cc3ccccc3)c2Cl)c1. The van der Waals surface area contributed by atoms with E-state index >= 15 is 0 Å². The summed E-state index contributed by atoms with van der Waals surface area (Å²) in [6.07, 6.45) is 1.50. The second kappa shape index (κ2) is 9.39. The summed E-state index contributed by atoms with van der Waals surface area (Å²) < 4.78 is 7.23. The minimum Gasteiger partial charge on any atom is -0.484 e. The molecule has 0 fully saturated rings. The van der Waals surface area contributed by atoms with E-state index in [1.165, 1.54) is 6.21 Å². The lowest BCUT2D eigenvalue weighted by Gasteiger charge is -2.07. The molecule has 0 saturated heterocycles. The maximum Gasteiger partial charge on any atom is 0.277 e. The van der Waals surface area contributed by atoms with Crippen molar-refractivity contribution in [1.29, 1.82) is 0 Å². The fraction of sp³-hybridized carbons (Fsp3) is 0.227. The van der Waals surface area contributed by atoms with Gasteiger partial charge in [0.1, 0.15) is 10.9 Å². The van der Waals surface area contributed by atoms with E-state index in [4.69, 9.17) is 16.3 Å². The number of nitrogens with zero attached hydrogens (tertiary/aromatic N) is 3. The molecule has 0 spiro atoms. The first-order valence-corrected chi connectivity index (χ1v) is 9.60. The number of benzene rings is 2. The van der Waals surface area contributed by atoms with Crippen LogP contribution in [0, 0.1) is 20.8 Å².